The molecule has 0 radical (unpaired) electrons. The molecular formula is C50H33N. The lowest BCUT2D eigenvalue weighted by atomic mass is 9.86. The van der Waals surface area contributed by atoms with Crippen molar-refractivity contribution in [3.05, 3.63) is 200 Å². The summed E-state index contributed by atoms with van der Waals surface area (Å²) in [5.74, 6) is 0. The minimum atomic E-state index is 1.15. The lowest BCUT2D eigenvalue weighted by Gasteiger charge is -2.18. The van der Waals surface area contributed by atoms with E-state index in [-0.39, 0.29) is 0 Å². The van der Waals surface area contributed by atoms with Crippen molar-refractivity contribution in [2.75, 3.05) is 0 Å². The minimum absolute atomic E-state index is 1.15. The molecule has 10 rings (SSSR count). The molecule has 0 fully saturated rings. The molecule has 1 aromatic heterocycles. The minimum Gasteiger partial charge on any atom is -0.309 e. The van der Waals surface area contributed by atoms with Crippen LogP contribution in [-0.2, 0) is 0 Å². The van der Waals surface area contributed by atoms with E-state index >= 15 is 0 Å². The van der Waals surface area contributed by atoms with Gasteiger partial charge in [0.05, 0.1) is 11.0 Å². The van der Waals surface area contributed by atoms with Crippen molar-refractivity contribution in [2.24, 2.45) is 0 Å². The van der Waals surface area contributed by atoms with E-state index in [1.165, 1.54) is 87.9 Å². The summed E-state index contributed by atoms with van der Waals surface area (Å²) in [7, 11) is 0. The lowest BCUT2D eigenvalue weighted by Crippen LogP contribution is -1.95. The molecule has 0 saturated carbocycles. The summed E-state index contributed by atoms with van der Waals surface area (Å²) in [5, 5.41) is 7.58. The van der Waals surface area contributed by atoms with Crippen LogP contribution in [0.5, 0.6) is 0 Å². The molecule has 0 bridgehead atoms. The van der Waals surface area contributed by atoms with Crippen LogP contribution in [0.25, 0.3) is 93.5 Å². The fourth-order valence-corrected chi connectivity index (χ4v) is 8.05. The van der Waals surface area contributed by atoms with Gasteiger partial charge in [0.15, 0.2) is 0 Å². The Morgan fingerprint density at radius 2 is 0.569 bits per heavy atom. The summed E-state index contributed by atoms with van der Waals surface area (Å²) in [6.45, 7) is 0. The van der Waals surface area contributed by atoms with Gasteiger partial charge in [0.2, 0.25) is 0 Å². The Bertz CT molecular complexity index is 2710. The van der Waals surface area contributed by atoms with Crippen LogP contribution in [0, 0.1) is 0 Å². The number of rotatable bonds is 5. The van der Waals surface area contributed by atoms with Crippen LogP contribution in [0.2, 0.25) is 0 Å². The van der Waals surface area contributed by atoms with Gasteiger partial charge in [-0.2, -0.15) is 0 Å². The predicted octanol–water partition coefficient (Wildman–Crippen LogP) is 13.8. The molecule has 0 amide bonds. The Balaban J connectivity index is 1.17. The van der Waals surface area contributed by atoms with Gasteiger partial charge < -0.3 is 4.57 Å². The second-order valence-electron chi connectivity index (χ2n) is 13.3. The Labute approximate surface area is 297 Å². The summed E-state index contributed by atoms with van der Waals surface area (Å²) in [6, 6.07) is 72.9. The van der Waals surface area contributed by atoms with Gasteiger partial charge in [0.1, 0.15) is 0 Å². The maximum absolute atomic E-state index is 2.42. The second kappa shape index (κ2) is 12.0. The van der Waals surface area contributed by atoms with Gasteiger partial charge in [0, 0.05) is 16.5 Å². The average molecular weight is 648 g/mol. The molecular weight excluding hydrogens is 615 g/mol. The zero-order chi connectivity index (χ0) is 33.7. The highest BCUT2D eigenvalue weighted by atomic mass is 15.0. The number of nitrogens with zero attached hydrogens (tertiary/aromatic N) is 1. The summed E-state index contributed by atoms with van der Waals surface area (Å²) >= 11 is 0. The van der Waals surface area contributed by atoms with Gasteiger partial charge >= 0.3 is 0 Å². The molecule has 9 aromatic carbocycles. The van der Waals surface area contributed by atoms with E-state index < -0.39 is 0 Å². The molecule has 0 aliphatic heterocycles. The van der Waals surface area contributed by atoms with E-state index in [0.29, 0.717) is 0 Å². The standard InChI is InChI=1S/C50H33N/c1-4-14-34(15-5-1)38-26-30-47-45(32-38)46-33-39(35-16-6-2-7-17-35)27-31-48(46)51(47)40-28-24-37(25-29-40)50-43-22-12-10-20-41(43)49(36-18-8-3-9-19-36)42-21-11-13-23-44(42)50/h1-33H. The van der Waals surface area contributed by atoms with E-state index in [1.54, 1.807) is 0 Å². The molecule has 0 aliphatic rings. The van der Waals surface area contributed by atoms with Crippen LogP contribution in [-0.4, -0.2) is 4.57 Å². The lowest BCUT2D eigenvalue weighted by molar-refractivity contribution is 1.18. The summed E-state index contributed by atoms with van der Waals surface area (Å²) in [4.78, 5) is 0. The third kappa shape index (κ3) is 4.86. The summed E-state index contributed by atoms with van der Waals surface area (Å²) < 4.78 is 2.42. The van der Waals surface area contributed by atoms with Crippen LogP contribution in [0.15, 0.2) is 200 Å². The first kappa shape index (κ1) is 29.2. The molecule has 0 atom stereocenters. The van der Waals surface area contributed by atoms with Crippen LogP contribution in [0.1, 0.15) is 0 Å². The van der Waals surface area contributed by atoms with Crippen molar-refractivity contribution in [3.8, 4) is 50.2 Å². The third-order valence-electron chi connectivity index (χ3n) is 10.4. The molecule has 1 heterocycles. The molecule has 0 saturated heterocycles. The molecule has 0 N–H and O–H groups in total. The maximum Gasteiger partial charge on any atom is 0.0541 e. The molecule has 0 unspecified atom stereocenters. The fourth-order valence-electron chi connectivity index (χ4n) is 8.05. The summed E-state index contributed by atoms with van der Waals surface area (Å²) in [5.41, 5.74) is 13.5. The Kier molecular flexibility index (Phi) is 6.89. The fraction of sp³-hybridized carbons (Fsp3) is 0. The van der Waals surface area contributed by atoms with Crippen molar-refractivity contribution >= 4 is 43.4 Å². The van der Waals surface area contributed by atoms with E-state index in [2.05, 4.69) is 205 Å². The molecule has 0 spiro atoms. The molecule has 0 aliphatic carbocycles. The largest absolute Gasteiger partial charge is 0.309 e. The first-order valence-corrected chi connectivity index (χ1v) is 17.6. The topological polar surface area (TPSA) is 4.93 Å². The first-order valence-electron chi connectivity index (χ1n) is 17.6. The highest BCUT2D eigenvalue weighted by Gasteiger charge is 2.18. The van der Waals surface area contributed by atoms with Gasteiger partial charge in [-0.1, -0.05) is 164 Å². The van der Waals surface area contributed by atoms with Gasteiger partial charge in [0.25, 0.3) is 0 Å². The number of fused-ring (bicyclic) bond motifs is 5. The SMILES string of the molecule is c1ccc(-c2ccc3c(c2)c2cc(-c4ccccc4)ccc2n3-c2ccc(-c3c4ccccc4c(-c4ccccc4)c4ccccc34)cc2)cc1. The number of benzene rings is 9. The Morgan fingerprint density at radius 3 is 0.980 bits per heavy atom. The second-order valence-corrected chi connectivity index (χ2v) is 13.3. The van der Waals surface area contributed by atoms with E-state index in [0.717, 1.165) is 5.69 Å². The quantitative estimate of drug-likeness (QED) is 0.164. The van der Waals surface area contributed by atoms with Crippen LogP contribution in [0.3, 0.4) is 0 Å². The van der Waals surface area contributed by atoms with E-state index in [9.17, 15) is 0 Å². The third-order valence-corrected chi connectivity index (χ3v) is 10.4. The summed E-state index contributed by atoms with van der Waals surface area (Å²) in [6.07, 6.45) is 0. The van der Waals surface area contributed by atoms with Crippen molar-refractivity contribution in [3.63, 3.8) is 0 Å². The molecule has 51 heavy (non-hydrogen) atoms. The molecule has 238 valence electrons. The van der Waals surface area contributed by atoms with Crippen molar-refractivity contribution in [1.82, 2.24) is 4.57 Å². The zero-order valence-electron chi connectivity index (χ0n) is 28.0. The number of aromatic nitrogens is 1. The van der Waals surface area contributed by atoms with Crippen LogP contribution in [0.4, 0.5) is 0 Å². The monoisotopic (exact) mass is 647 g/mol. The van der Waals surface area contributed by atoms with Crippen LogP contribution >= 0.6 is 0 Å². The highest BCUT2D eigenvalue weighted by Crippen LogP contribution is 2.44. The Morgan fingerprint density at radius 1 is 0.235 bits per heavy atom. The smallest absolute Gasteiger partial charge is 0.0541 e. The first-order chi connectivity index (χ1) is 25.3. The number of hydrogen-bond donors (Lipinski definition) is 0. The number of hydrogen-bond acceptors (Lipinski definition) is 0. The zero-order valence-corrected chi connectivity index (χ0v) is 28.0. The normalized spacial score (nSPS) is 11.5. The van der Waals surface area contributed by atoms with Crippen molar-refractivity contribution in [1.29, 1.82) is 0 Å². The molecule has 1 nitrogen and oxygen atoms in total. The average Bonchev–Trinajstić information content (AvgIpc) is 3.54. The van der Waals surface area contributed by atoms with Gasteiger partial charge in [-0.3, -0.25) is 0 Å². The molecule has 10 aromatic rings. The van der Waals surface area contributed by atoms with Crippen molar-refractivity contribution in [2.45, 2.75) is 0 Å². The maximum atomic E-state index is 2.42. The Hall–Kier alpha value is -6.70. The van der Waals surface area contributed by atoms with Gasteiger partial charge in [-0.25, -0.2) is 0 Å². The molecule has 1 heteroatoms. The van der Waals surface area contributed by atoms with Gasteiger partial charge in [-0.05, 0) is 102 Å². The van der Waals surface area contributed by atoms with E-state index in [1.807, 2.05) is 0 Å². The van der Waals surface area contributed by atoms with E-state index in [4.69, 9.17) is 0 Å². The van der Waals surface area contributed by atoms with Crippen molar-refractivity contribution < 1.29 is 0 Å². The van der Waals surface area contributed by atoms with Crippen LogP contribution < -0.4 is 0 Å². The van der Waals surface area contributed by atoms with Gasteiger partial charge in [-0.15, -0.1) is 0 Å². The highest BCUT2D eigenvalue weighted by molar-refractivity contribution is 6.21. The predicted molar refractivity (Wildman–Crippen MR) is 218 cm³/mol.